The highest BCUT2D eigenvalue weighted by Gasteiger charge is 2.01. The van der Waals surface area contributed by atoms with Crippen LogP contribution >= 0.6 is 0 Å². The van der Waals surface area contributed by atoms with E-state index < -0.39 is 0 Å². The molecule has 0 heterocycles. The van der Waals surface area contributed by atoms with Crippen molar-refractivity contribution in [1.29, 1.82) is 0 Å². The molecule has 0 rings (SSSR count). The Hall–Kier alpha value is -0.790. The lowest BCUT2D eigenvalue weighted by atomic mass is 9.97. The Morgan fingerprint density at radius 1 is 1.27 bits per heavy atom. The Kier molecular flexibility index (Phi) is 8.06. The minimum Gasteiger partial charge on any atom is -0.411 e. The van der Waals surface area contributed by atoms with Gasteiger partial charge in [-0.25, -0.2) is 0 Å². The van der Waals surface area contributed by atoms with E-state index >= 15 is 0 Å². The van der Waals surface area contributed by atoms with Gasteiger partial charge in [0.25, 0.3) is 0 Å². The van der Waals surface area contributed by atoms with Crippen molar-refractivity contribution in [2.24, 2.45) is 11.1 Å². The van der Waals surface area contributed by atoms with Crippen LogP contribution in [0.4, 0.5) is 0 Å². The van der Waals surface area contributed by atoms with Gasteiger partial charge in [0.15, 0.2) is 0 Å². The average Bonchev–Trinajstić information content (AvgIpc) is 2.17. The molecule has 0 saturated carbocycles. The molecule has 15 heavy (non-hydrogen) atoms. The molecular formula is C13H25NO. The predicted molar refractivity (Wildman–Crippen MR) is 66.6 cm³/mol. The van der Waals surface area contributed by atoms with Crippen molar-refractivity contribution in [3.8, 4) is 0 Å². The van der Waals surface area contributed by atoms with E-state index in [1.165, 1.54) is 24.8 Å². The van der Waals surface area contributed by atoms with Gasteiger partial charge in [-0.1, -0.05) is 30.1 Å². The first kappa shape index (κ1) is 14.2. The maximum atomic E-state index is 8.48. The van der Waals surface area contributed by atoms with Gasteiger partial charge in [-0.2, -0.15) is 0 Å². The van der Waals surface area contributed by atoms with Crippen LogP contribution in [-0.2, 0) is 0 Å². The van der Waals surface area contributed by atoms with Crippen LogP contribution in [0.15, 0.2) is 16.8 Å². The lowest BCUT2D eigenvalue weighted by Gasteiger charge is -2.09. The SMILES string of the molecule is CC(C)=CCCC(C)CCCC(C)=NO. The summed E-state index contributed by atoms with van der Waals surface area (Å²) >= 11 is 0. The van der Waals surface area contributed by atoms with Crippen LogP contribution in [0.1, 0.15) is 59.8 Å². The Morgan fingerprint density at radius 3 is 2.47 bits per heavy atom. The van der Waals surface area contributed by atoms with Gasteiger partial charge >= 0.3 is 0 Å². The minimum atomic E-state index is 0.770. The standard InChI is InChI=1S/C13H25NO/c1-11(2)7-5-8-12(3)9-6-10-13(4)14-15/h7,12,15H,5-6,8-10H2,1-4H3. The zero-order chi connectivity index (χ0) is 11.7. The van der Waals surface area contributed by atoms with Gasteiger partial charge in [0.05, 0.1) is 5.71 Å². The average molecular weight is 211 g/mol. The van der Waals surface area contributed by atoms with Crippen LogP contribution in [0.3, 0.4) is 0 Å². The Morgan fingerprint density at radius 2 is 1.93 bits per heavy atom. The molecule has 88 valence electrons. The monoisotopic (exact) mass is 211 g/mol. The molecule has 0 aliphatic rings. The lowest BCUT2D eigenvalue weighted by Crippen LogP contribution is -1.97. The molecule has 0 bridgehead atoms. The number of allylic oxidation sites excluding steroid dienone is 2. The van der Waals surface area contributed by atoms with Crippen molar-refractivity contribution in [2.75, 3.05) is 0 Å². The normalized spacial score (nSPS) is 13.7. The minimum absolute atomic E-state index is 0.770. The summed E-state index contributed by atoms with van der Waals surface area (Å²) in [6.07, 6.45) is 8.03. The maximum absolute atomic E-state index is 8.48. The first-order valence-corrected chi connectivity index (χ1v) is 5.87. The summed E-state index contributed by atoms with van der Waals surface area (Å²) in [7, 11) is 0. The molecule has 0 spiro atoms. The molecule has 2 heteroatoms. The zero-order valence-corrected chi connectivity index (χ0v) is 10.6. The van der Waals surface area contributed by atoms with Gasteiger partial charge in [0.2, 0.25) is 0 Å². The molecule has 1 atom stereocenters. The summed E-state index contributed by atoms with van der Waals surface area (Å²) in [4.78, 5) is 0. The topological polar surface area (TPSA) is 32.6 Å². The largest absolute Gasteiger partial charge is 0.411 e. The third-order valence-electron chi connectivity index (χ3n) is 2.62. The highest BCUT2D eigenvalue weighted by molar-refractivity contribution is 5.81. The number of oxime groups is 1. The number of hydrogen-bond donors (Lipinski definition) is 1. The van der Waals surface area contributed by atoms with Crippen LogP contribution in [0.5, 0.6) is 0 Å². The number of hydrogen-bond acceptors (Lipinski definition) is 2. The van der Waals surface area contributed by atoms with Crippen molar-refractivity contribution >= 4 is 5.71 Å². The van der Waals surface area contributed by atoms with Gasteiger partial charge in [-0.3, -0.25) is 0 Å². The van der Waals surface area contributed by atoms with Gasteiger partial charge < -0.3 is 5.21 Å². The third-order valence-corrected chi connectivity index (χ3v) is 2.62. The van der Waals surface area contributed by atoms with Crippen LogP contribution in [0.25, 0.3) is 0 Å². The quantitative estimate of drug-likeness (QED) is 0.288. The molecule has 0 aromatic rings. The molecule has 0 aromatic heterocycles. The Balaban J connectivity index is 3.49. The van der Waals surface area contributed by atoms with Crippen molar-refractivity contribution in [3.63, 3.8) is 0 Å². The Labute approximate surface area is 94.1 Å². The van der Waals surface area contributed by atoms with Crippen molar-refractivity contribution in [1.82, 2.24) is 0 Å². The smallest absolute Gasteiger partial charge is 0.0540 e. The molecule has 0 aliphatic heterocycles. The molecule has 2 nitrogen and oxygen atoms in total. The van der Waals surface area contributed by atoms with Crippen LogP contribution in [0, 0.1) is 5.92 Å². The van der Waals surface area contributed by atoms with Crippen molar-refractivity contribution in [3.05, 3.63) is 11.6 Å². The van der Waals surface area contributed by atoms with Crippen LogP contribution in [-0.4, -0.2) is 10.9 Å². The molecule has 1 unspecified atom stereocenters. The summed E-state index contributed by atoms with van der Waals surface area (Å²) in [6, 6.07) is 0. The third kappa shape index (κ3) is 9.51. The molecule has 0 aliphatic carbocycles. The van der Waals surface area contributed by atoms with E-state index in [2.05, 4.69) is 32.0 Å². The highest BCUT2D eigenvalue weighted by atomic mass is 16.4. The van der Waals surface area contributed by atoms with Gasteiger partial charge in [-0.15, -0.1) is 0 Å². The van der Waals surface area contributed by atoms with Gasteiger partial charge in [0, 0.05) is 0 Å². The first-order chi connectivity index (χ1) is 7.06. The molecule has 0 saturated heterocycles. The molecule has 0 radical (unpaired) electrons. The van der Waals surface area contributed by atoms with E-state index in [0.717, 1.165) is 24.5 Å². The molecule has 0 amide bonds. The number of rotatable bonds is 7. The van der Waals surface area contributed by atoms with Crippen LogP contribution in [0.2, 0.25) is 0 Å². The highest BCUT2D eigenvalue weighted by Crippen LogP contribution is 2.15. The molecular weight excluding hydrogens is 186 g/mol. The van der Waals surface area contributed by atoms with E-state index in [1.807, 2.05) is 6.92 Å². The fourth-order valence-electron chi connectivity index (χ4n) is 1.56. The second kappa shape index (κ2) is 8.51. The lowest BCUT2D eigenvalue weighted by molar-refractivity contribution is 0.316. The summed E-state index contributed by atoms with van der Waals surface area (Å²) in [6.45, 7) is 8.45. The summed E-state index contributed by atoms with van der Waals surface area (Å²) in [5, 5.41) is 11.7. The van der Waals surface area contributed by atoms with E-state index in [-0.39, 0.29) is 0 Å². The first-order valence-electron chi connectivity index (χ1n) is 5.87. The summed E-state index contributed by atoms with van der Waals surface area (Å²) in [5.41, 5.74) is 2.25. The second-order valence-corrected chi connectivity index (χ2v) is 4.69. The molecule has 0 fully saturated rings. The summed E-state index contributed by atoms with van der Waals surface area (Å²) in [5.74, 6) is 0.770. The summed E-state index contributed by atoms with van der Waals surface area (Å²) < 4.78 is 0. The van der Waals surface area contributed by atoms with Crippen molar-refractivity contribution in [2.45, 2.75) is 59.8 Å². The van der Waals surface area contributed by atoms with Crippen LogP contribution < -0.4 is 0 Å². The number of nitrogens with zero attached hydrogens (tertiary/aromatic N) is 1. The Bertz CT molecular complexity index is 215. The van der Waals surface area contributed by atoms with E-state index in [0.29, 0.717) is 0 Å². The fourth-order valence-corrected chi connectivity index (χ4v) is 1.56. The van der Waals surface area contributed by atoms with Crippen molar-refractivity contribution < 1.29 is 5.21 Å². The molecule has 0 aromatic carbocycles. The van der Waals surface area contributed by atoms with E-state index in [9.17, 15) is 0 Å². The predicted octanol–water partition coefficient (Wildman–Crippen LogP) is 4.39. The molecule has 1 N–H and O–H groups in total. The van der Waals surface area contributed by atoms with E-state index in [1.54, 1.807) is 0 Å². The van der Waals surface area contributed by atoms with E-state index in [4.69, 9.17) is 5.21 Å². The maximum Gasteiger partial charge on any atom is 0.0540 e. The second-order valence-electron chi connectivity index (χ2n) is 4.69. The van der Waals surface area contributed by atoms with Gasteiger partial charge in [0.1, 0.15) is 0 Å². The zero-order valence-electron chi connectivity index (χ0n) is 10.6. The fraction of sp³-hybridized carbons (Fsp3) is 0.769. The van der Waals surface area contributed by atoms with Gasteiger partial charge in [-0.05, 0) is 52.4 Å².